The molecule has 1 heterocycles. The molecule has 0 saturated heterocycles. The van der Waals surface area contributed by atoms with Gasteiger partial charge in [-0.3, -0.25) is 0 Å². The summed E-state index contributed by atoms with van der Waals surface area (Å²) in [6, 6.07) is 14.7. The molecule has 0 aliphatic carbocycles. The lowest BCUT2D eigenvalue weighted by molar-refractivity contribution is -0.274. The number of aromatic nitrogens is 2. The molecule has 0 aliphatic rings. The molecule has 0 aliphatic heterocycles. The Hall–Kier alpha value is -3.82. The zero-order valence-corrected chi connectivity index (χ0v) is 15.7. The molecule has 156 valence electrons. The number of alkyl halides is 3. The Morgan fingerprint density at radius 1 is 0.900 bits per heavy atom. The summed E-state index contributed by atoms with van der Waals surface area (Å²) in [5.74, 6) is 0.0654. The average Bonchev–Trinajstić information content (AvgIpc) is 2.70. The number of amides is 2. The molecule has 0 saturated carbocycles. The number of hydrogen-bond donors (Lipinski definition) is 2. The number of anilines is 2. The van der Waals surface area contributed by atoms with E-state index in [-0.39, 0.29) is 5.75 Å². The Bertz CT molecular complexity index is 976. The molecule has 0 bridgehead atoms. The third kappa shape index (κ3) is 6.09. The molecule has 2 aromatic carbocycles. The molecule has 7 nitrogen and oxygen atoms in total. The van der Waals surface area contributed by atoms with Gasteiger partial charge in [0, 0.05) is 23.0 Å². The van der Waals surface area contributed by atoms with Gasteiger partial charge in [-0.1, -0.05) is 12.1 Å². The maximum Gasteiger partial charge on any atom is 0.573 e. The average molecular weight is 418 g/mol. The van der Waals surface area contributed by atoms with Gasteiger partial charge in [-0.05, 0) is 49.4 Å². The second-order valence-electron chi connectivity index (χ2n) is 5.92. The quantitative estimate of drug-likeness (QED) is 0.583. The van der Waals surface area contributed by atoms with Crippen molar-refractivity contribution in [1.29, 1.82) is 0 Å². The highest BCUT2D eigenvalue weighted by Gasteiger charge is 2.30. The SMILES string of the molecule is CCOc1ccc(-c2ccc(NC(=O)Nc3ccc(OC(F)(F)F)cc3)cc2)nn1. The van der Waals surface area contributed by atoms with E-state index in [2.05, 4.69) is 25.6 Å². The number of nitrogens with one attached hydrogen (secondary N) is 2. The molecule has 0 radical (unpaired) electrons. The molecule has 0 fully saturated rings. The summed E-state index contributed by atoms with van der Waals surface area (Å²) >= 11 is 0. The molecule has 0 unspecified atom stereocenters. The van der Waals surface area contributed by atoms with E-state index in [1.165, 1.54) is 12.1 Å². The van der Waals surface area contributed by atoms with Crippen LogP contribution < -0.4 is 20.1 Å². The molecular formula is C20H17F3N4O3. The van der Waals surface area contributed by atoms with Gasteiger partial charge >= 0.3 is 12.4 Å². The Morgan fingerprint density at radius 3 is 2.00 bits per heavy atom. The van der Waals surface area contributed by atoms with Crippen molar-refractivity contribution in [3.05, 3.63) is 60.7 Å². The maximum atomic E-state index is 12.2. The third-order valence-corrected chi connectivity index (χ3v) is 3.72. The summed E-state index contributed by atoms with van der Waals surface area (Å²) in [6.07, 6.45) is -4.77. The standard InChI is InChI=1S/C20H17F3N4O3/c1-2-29-18-12-11-17(26-27-18)13-3-5-14(6-4-13)24-19(28)25-15-7-9-16(10-8-15)30-20(21,22)23/h3-12H,2H2,1H3,(H2,24,25,28). The van der Waals surface area contributed by atoms with Gasteiger partial charge in [-0.15, -0.1) is 23.4 Å². The number of urea groups is 1. The van der Waals surface area contributed by atoms with Crippen molar-refractivity contribution in [3.8, 4) is 22.9 Å². The fourth-order valence-electron chi connectivity index (χ4n) is 2.46. The van der Waals surface area contributed by atoms with Crippen LogP contribution in [0.3, 0.4) is 0 Å². The monoisotopic (exact) mass is 418 g/mol. The fraction of sp³-hybridized carbons (Fsp3) is 0.150. The minimum Gasteiger partial charge on any atom is -0.477 e. The van der Waals surface area contributed by atoms with Crippen LogP contribution in [0.4, 0.5) is 29.3 Å². The first kappa shape index (κ1) is 20.9. The lowest BCUT2D eigenvalue weighted by Crippen LogP contribution is -2.19. The number of ether oxygens (including phenoxy) is 2. The Kier molecular flexibility index (Phi) is 6.35. The van der Waals surface area contributed by atoms with Crippen LogP contribution in [-0.2, 0) is 0 Å². The third-order valence-electron chi connectivity index (χ3n) is 3.72. The van der Waals surface area contributed by atoms with Crippen molar-refractivity contribution in [2.45, 2.75) is 13.3 Å². The summed E-state index contributed by atoms with van der Waals surface area (Å²) in [7, 11) is 0. The first-order chi connectivity index (χ1) is 14.3. The molecule has 3 aromatic rings. The van der Waals surface area contributed by atoms with Crippen LogP contribution >= 0.6 is 0 Å². The van der Waals surface area contributed by atoms with E-state index >= 15 is 0 Å². The molecule has 10 heteroatoms. The smallest absolute Gasteiger partial charge is 0.477 e. The largest absolute Gasteiger partial charge is 0.573 e. The second-order valence-corrected chi connectivity index (χ2v) is 5.92. The van der Waals surface area contributed by atoms with E-state index in [4.69, 9.17) is 4.74 Å². The molecule has 2 amide bonds. The predicted octanol–water partition coefficient (Wildman–Crippen LogP) is 5.08. The summed E-state index contributed by atoms with van der Waals surface area (Å²) in [5.41, 5.74) is 2.28. The fourth-order valence-corrected chi connectivity index (χ4v) is 2.46. The van der Waals surface area contributed by atoms with Gasteiger partial charge in [-0.2, -0.15) is 0 Å². The maximum absolute atomic E-state index is 12.2. The Morgan fingerprint density at radius 2 is 1.50 bits per heavy atom. The number of rotatable bonds is 6. The van der Waals surface area contributed by atoms with Crippen molar-refractivity contribution in [2.24, 2.45) is 0 Å². The van der Waals surface area contributed by atoms with E-state index in [0.29, 0.717) is 29.6 Å². The number of hydrogen-bond acceptors (Lipinski definition) is 5. The van der Waals surface area contributed by atoms with E-state index in [1.54, 1.807) is 36.4 Å². The number of carbonyl (C=O) groups is 1. The van der Waals surface area contributed by atoms with Crippen LogP contribution in [0.5, 0.6) is 11.6 Å². The molecule has 0 atom stereocenters. The predicted molar refractivity (Wildman–Crippen MR) is 104 cm³/mol. The van der Waals surface area contributed by atoms with Crippen molar-refractivity contribution >= 4 is 17.4 Å². The minimum atomic E-state index is -4.77. The summed E-state index contributed by atoms with van der Waals surface area (Å²) in [6.45, 7) is 2.36. The number of benzene rings is 2. The minimum absolute atomic E-state index is 0.309. The molecule has 2 N–H and O–H groups in total. The lowest BCUT2D eigenvalue weighted by Gasteiger charge is -2.11. The van der Waals surface area contributed by atoms with E-state index in [0.717, 1.165) is 17.7 Å². The molecular weight excluding hydrogens is 401 g/mol. The number of halogens is 3. The lowest BCUT2D eigenvalue weighted by atomic mass is 10.1. The van der Waals surface area contributed by atoms with Crippen LogP contribution in [0.25, 0.3) is 11.3 Å². The highest BCUT2D eigenvalue weighted by Crippen LogP contribution is 2.24. The van der Waals surface area contributed by atoms with Gasteiger partial charge in [0.2, 0.25) is 5.88 Å². The number of carbonyl (C=O) groups excluding carboxylic acids is 1. The van der Waals surface area contributed by atoms with Crippen LogP contribution in [0.2, 0.25) is 0 Å². The second kappa shape index (κ2) is 9.12. The van der Waals surface area contributed by atoms with Crippen LogP contribution in [-0.4, -0.2) is 29.2 Å². The zero-order chi connectivity index (χ0) is 21.6. The molecule has 0 spiro atoms. The highest BCUT2D eigenvalue weighted by atomic mass is 19.4. The van der Waals surface area contributed by atoms with Gasteiger partial charge in [0.15, 0.2) is 0 Å². The first-order valence-electron chi connectivity index (χ1n) is 8.83. The van der Waals surface area contributed by atoms with Crippen LogP contribution in [0.15, 0.2) is 60.7 Å². The van der Waals surface area contributed by atoms with Crippen molar-refractivity contribution in [1.82, 2.24) is 10.2 Å². The van der Waals surface area contributed by atoms with Crippen LogP contribution in [0, 0.1) is 0 Å². The summed E-state index contributed by atoms with van der Waals surface area (Å²) < 4.78 is 45.5. The van der Waals surface area contributed by atoms with Gasteiger partial charge < -0.3 is 20.1 Å². The van der Waals surface area contributed by atoms with E-state index in [1.807, 2.05) is 6.92 Å². The Labute approximate surface area is 169 Å². The number of nitrogens with zero attached hydrogens (tertiary/aromatic N) is 2. The van der Waals surface area contributed by atoms with Crippen LogP contribution in [0.1, 0.15) is 6.92 Å². The van der Waals surface area contributed by atoms with Crippen molar-refractivity contribution in [3.63, 3.8) is 0 Å². The van der Waals surface area contributed by atoms with Crippen molar-refractivity contribution in [2.75, 3.05) is 17.2 Å². The van der Waals surface area contributed by atoms with E-state index < -0.39 is 12.4 Å². The molecule has 30 heavy (non-hydrogen) atoms. The zero-order valence-electron chi connectivity index (χ0n) is 15.7. The van der Waals surface area contributed by atoms with Gasteiger partial charge in [0.05, 0.1) is 12.3 Å². The highest BCUT2D eigenvalue weighted by molar-refractivity contribution is 5.99. The van der Waals surface area contributed by atoms with Gasteiger partial charge in [0.25, 0.3) is 0 Å². The summed E-state index contributed by atoms with van der Waals surface area (Å²) in [4.78, 5) is 12.1. The topological polar surface area (TPSA) is 85.4 Å². The molecule has 3 rings (SSSR count). The van der Waals surface area contributed by atoms with Gasteiger partial charge in [-0.25, -0.2) is 4.79 Å². The first-order valence-corrected chi connectivity index (χ1v) is 8.83. The van der Waals surface area contributed by atoms with E-state index in [9.17, 15) is 18.0 Å². The van der Waals surface area contributed by atoms with Crippen molar-refractivity contribution < 1.29 is 27.4 Å². The summed E-state index contributed by atoms with van der Waals surface area (Å²) in [5, 5.41) is 13.2. The normalized spacial score (nSPS) is 10.9. The Balaban J connectivity index is 1.56. The molecule has 1 aromatic heterocycles. The van der Waals surface area contributed by atoms with Gasteiger partial charge in [0.1, 0.15) is 5.75 Å².